The number of carbonyl (C=O) groups is 1. The first-order valence-electron chi connectivity index (χ1n) is 6.28. The van der Waals surface area contributed by atoms with Crippen LogP contribution in [0.1, 0.15) is 32.3 Å². The molecule has 1 amide bonds. The summed E-state index contributed by atoms with van der Waals surface area (Å²) in [6, 6.07) is 5.27. The lowest BCUT2D eigenvalue weighted by molar-refractivity contribution is -0.127. The van der Waals surface area contributed by atoms with Crippen LogP contribution in [0.15, 0.2) is 23.3 Å². The summed E-state index contributed by atoms with van der Waals surface area (Å²) in [7, 11) is 0. The number of carbonyl (C=O) groups excluding carboxylic acids is 1. The molecule has 4 nitrogen and oxygen atoms in total. The van der Waals surface area contributed by atoms with Gasteiger partial charge in [-0.3, -0.25) is 4.79 Å². The van der Waals surface area contributed by atoms with Gasteiger partial charge in [0, 0.05) is 11.2 Å². The lowest BCUT2D eigenvalue weighted by Gasteiger charge is -2.14. The van der Waals surface area contributed by atoms with Gasteiger partial charge in [0.1, 0.15) is 5.75 Å². The number of rotatable bonds is 6. The number of nitrogens with zero attached hydrogens (tertiary/aromatic N) is 1. The average Bonchev–Trinajstić information content (AvgIpc) is 2.37. The first-order valence-corrected chi connectivity index (χ1v) is 6.66. The molecule has 0 aliphatic rings. The van der Waals surface area contributed by atoms with Crippen LogP contribution in [0.25, 0.3) is 0 Å². The molecule has 104 valence electrons. The number of halogens is 1. The molecular formula is C14H19ClN2O2. The smallest absolute Gasteiger partial charge is 0.280 e. The second kappa shape index (κ2) is 7.79. The molecule has 5 heteroatoms. The van der Waals surface area contributed by atoms with E-state index in [1.54, 1.807) is 31.3 Å². The summed E-state index contributed by atoms with van der Waals surface area (Å²) in [5.41, 5.74) is 3.34. The third kappa shape index (κ3) is 5.30. The van der Waals surface area contributed by atoms with Gasteiger partial charge in [-0.15, -0.1) is 0 Å². The van der Waals surface area contributed by atoms with Crippen LogP contribution in [0.2, 0.25) is 5.02 Å². The van der Waals surface area contributed by atoms with Gasteiger partial charge in [0.2, 0.25) is 0 Å². The van der Waals surface area contributed by atoms with Crippen LogP contribution in [0.3, 0.4) is 0 Å². The summed E-state index contributed by atoms with van der Waals surface area (Å²) in [5, 5.41) is 4.48. The highest BCUT2D eigenvalue weighted by Crippen LogP contribution is 2.22. The molecule has 0 spiro atoms. The van der Waals surface area contributed by atoms with Gasteiger partial charge in [0.25, 0.3) is 5.91 Å². The van der Waals surface area contributed by atoms with E-state index >= 15 is 0 Å². The van der Waals surface area contributed by atoms with Crippen molar-refractivity contribution in [1.82, 2.24) is 5.43 Å². The average molecular weight is 283 g/mol. The fourth-order valence-electron chi connectivity index (χ4n) is 1.38. The molecule has 0 saturated heterocycles. The van der Waals surface area contributed by atoms with Crippen LogP contribution in [0, 0.1) is 6.92 Å². The van der Waals surface area contributed by atoms with Crippen molar-refractivity contribution in [3.8, 4) is 5.75 Å². The minimum atomic E-state index is -0.612. The first kappa shape index (κ1) is 15.5. The van der Waals surface area contributed by atoms with E-state index in [4.69, 9.17) is 16.3 Å². The van der Waals surface area contributed by atoms with Crippen molar-refractivity contribution in [2.24, 2.45) is 5.10 Å². The molecular weight excluding hydrogens is 264 g/mol. The minimum Gasteiger partial charge on any atom is -0.481 e. The standard InChI is InChI=1S/C14H19ClN2O2/c1-4-5-8-16-17-14(18)11(3)19-13-7-6-12(15)9-10(13)2/h6-9,11H,4-5H2,1-3H3,(H,17,18)/t11-/m0/s1. The van der Waals surface area contributed by atoms with E-state index in [1.807, 2.05) is 13.8 Å². The number of benzene rings is 1. The fraction of sp³-hybridized carbons (Fsp3) is 0.429. The lowest BCUT2D eigenvalue weighted by Crippen LogP contribution is -2.33. The molecule has 0 heterocycles. The number of hydrogen-bond acceptors (Lipinski definition) is 3. The summed E-state index contributed by atoms with van der Waals surface area (Å²) < 4.78 is 5.57. The molecule has 1 aromatic rings. The Bertz CT molecular complexity index is 461. The van der Waals surface area contributed by atoms with Crippen molar-refractivity contribution >= 4 is 23.7 Å². The maximum atomic E-state index is 11.7. The summed E-state index contributed by atoms with van der Waals surface area (Å²) in [6.45, 7) is 5.60. The molecule has 0 aliphatic carbocycles. The maximum Gasteiger partial charge on any atom is 0.280 e. The number of hydrazone groups is 1. The molecule has 0 saturated carbocycles. The molecule has 1 aromatic carbocycles. The largest absolute Gasteiger partial charge is 0.481 e. The monoisotopic (exact) mass is 282 g/mol. The normalized spacial score (nSPS) is 12.4. The third-order valence-electron chi connectivity index (χ3n) is 2.49. The van der Waals surface area contributed by atoms with Crippen LogP contribution < -0.4 is 10.2 Å². The first-order chi connectivity index (χ1) is 9.04. The third-order valence-corrected chi connectivity index (χ3v) is 2.73. The van der Waals surface area contributed by atoms with Crippen LogP contribution in [0.4, 0.5) is 0 Å². The predicted octanol–water partition coefficient (Wildman–Crippen LogP) is 3.32. The highest BCUT2D eigenvalue weighted by atomic mass is 35.5. The molecule has 0 unspecified atom stereocenters. The summed E-state index contributed by atoms with van der Waals surface area (Å²) >= 11 is 5.86. The van der Waals surface area contributed by atoms with Crippen LogP contribution in [-0.4, -0.2) is 18.2 Å². The molecule has 1 N–H and O–H groups in total. The van der Waals surface area contributed by atoms with Gasteiger partial charge < -0.3 is 4.74 Å². The van der Waals surface area contributed by atoms with Gasteiger partial charge in [0.15, 0.2) is 6.10 Å². The Morgan fingerprint density at radius 1 is 1.58 bits per heavy atom. The number of hydrogen-bond donors (Lipinski definition) is 1. The zero-order chi connectivity index (χ0) is 14.3. The SMILES string of the molecule is CCCC=NNC(=O)[C@H](C)Oc1ccc(Cl)cc1C. The van der Waals surface area contributed by atoms with Crippen LogP contribution in [-0.2, 0) is 4.79 Å². The molecule has 0 radical (unpaired) electrons. The van der Waals surface area contributed by atoms with E-state index in [-0.39, 0.29) is 5.91 Å². The summed E-state index contributed by atoms with van der Waals surface area (Å²) in [6.07, 6.45) is 2.90. The second-order valence-electron chi connectivity index (χ2n) is 4.25. The van der Waals surface area contributed by atoms with Crippen molar-refractivity contribution in [3.05, 3.63) is 28.8 Å². The quantitative estimate of drug-likeness (QED) is 0.643. The van der Waals surface area contributed by atoms with Gasteiger partial charge in [-0.2, -0.15) is 5.10 Å². The number of unbranched alkanes of at least 4 members (excludes halogenated alkanes) is 1. The van der Waals surface area contributed by atoms with Crippen LogP contribution in [0.5, 0.6) is 5.75 Å². The van der Waals surface area contributed by atoms with Crippen molar-refractivity contribution in [2.75, 3.05) is 0 Å². The van der Waals surface area contributed by atoms with Gasteiger partial charge in [-0.25, -0.2) is 5.43 Å². The van der Waals surface area contributed by atoms with Gasteiger partial charge in [-0.1, -0.05) is 24.9 Å². The Kier molecular flexibility index (Phi) is 6.36. The highest BCUT2D eigenvalue weighted by molar-refractivity contribution is 6.30. The van der Waals surface area contributed by atoms with E-state index < -0.39 is 6.10 Å². The van der Waals surface area contributed by atoms with E-state index in [2.05, 4.69) is 10.5 Å². The Balaban J connectivity index is 2.54. The predicted molar refractivity (Wildman–Crippen MR) is 77.8 cm³/mol. The topological polar surface area (TPSA) is 50.7 Å². The van der Waals surface area contributed by atoms with Crippen molar-refractivity contribution < 1.29 is 9.53 Å². The number of nitrogens with one attached hydrogen (secondary N) is 1. The summed E-state index contributed by atoms with van der Waals surface area (Å²) in [5.74, 6) is 0.367. The molecule has 0 aromatic heterocycles. The molecule has 1 atom stereocenters. The van der Waals surface area contributed by atoms with Crippen molar-refractivity contribution in [3.63, 3.8) is 0 Å². The van der Waals surface area contributed by atoms with E-state index in [0.717, 1.165) is 18.4 Å². The summed E-state index contributed by atoms with van der Waals surface area (Å²) in [4.78, 5) is 11.7. The Morgan fingerprint density at radius 3 is 2.95 bits per heavy atom. The molecule has 1 rings (SSSR count). The van der Waals surface area contributed by atoms with E-state index in [1.165, 1.54) is 0 Å². The molecule has 19 heavy (non-hydrogen) atoms. The van der Waals surface area contributed by atoms with Crippen molar-refractivity contribution in [2.45, 2.75) is 39.7 Å². The van der Waals surface area contributed by atoms with Crippen molar-refractivity contribution in [1.29, 1.82) is 0 Å². The Labute approximate surface area is 118 Å². The molecule has 0 fully saturated rings. The minimum absolute atomic E-state index is 0.276. The van der Waals surface area contributed by atoms with Gasteiger partial charge >= 0.3 is 0 Å². The number of amides is 1. The maximum absolute atomic E-state index is 11.7. The zero-order valence-corrected chi connectivity index (χ0v) is 12.2. The second-order valence-corrected chi connectivity index (χ2v) is 4.68. The Morgan fingerprint density at radius 2 is 2.32 bits per heavy atom. The molecule has 0 aliphatic heterocycles. The zero-order valence-electron chi connectivity index (χ0n) is 11.4. The Hall–Kier alpha value is -1.55. The fourth-order valence-corrected chi connectivity index (χ4v) is 1.61. The number of aryl methyl sites for hydroxylation is 1. The van der Waals surface area contributed by atoms with Crippen LogP contribution >= 0.6 is 11.6 Å². The highest BCUT2D eigenvalue weighted by Gasteiger charge is 2.14. The van der Waals surface area contributed by atoms with E-state index in [0.29, 0.717) is 10.8 Å². The van der Waals surface area contributed by atoms with Gasteiger partial charge in [0.05, 0.1) is 0 Å². The van der Waals surface area contributed by atoms with Gasteiger partial charge in [-0.05, 0) is 44.0 Å². The lowest BCUT2D eigenvalue weighted by atomic mass is 10.2. The molecule has 0 bridgehead atoms. The number of ether oxygens (including phenoxy) is 1. The van der Waals surface area contributed by atoms with E-state index in [9.17, 15) is 4.79 Å².